The molecule has 5 heteroatoms. The molecule has 1 N–H and O–H groups in total. The first kappa shape index (κ1) is 14.0. The second kappa shape index (κ2) is 5.49. The Morgan fingerprint density at radius 2 is 2.18 bits per heavy atom. The Bertz CT molecular complexity index is 421. The molecule has 0 saturated carbocycles. The van der Waals surface area contributed by atoms with Gasteiger partial charge in [-0.15, -0.1) is 0 Å². The van der Waals surface area contributed by atoms with Gasteiger partial charge in [-0.2, -0.15) is 0 Å². The molecule has 0 radical (unpaired) electrons. The lowest BCUT2D eigenvalue weighted by atomic mass is 9.91. The highest BCUT2D eigenvalue weighted by Crippen LogP contribution is 2.23. The first-order valence-corrected chi connectivity index (χ1v) is 6.08. The van der Waals surface area contributed by atoms with Crippen molar-refractivity contribution in [1.82, 2.24) is 0 Å². The van der Waals surface area contributed by atoms with Gasteiger partial charge >= 0.3 is 5.97 Å². The molecule has 0 spiro atoms. The summed E-state index contributed by atoms with van der Waals surface area (Å²) in [6, 6.07) is 4.44. The number of benzene rings is 1. The average molecular weight is 304 g/mol. The van der Waals surface area contributed by atoms with E-state index in [2.05, 4.69) is 21.4 Å². The van der Waals surface area contributed by atoms with Crippen LogP contribution in [-0.2, 0) is 9.63 Å². The minimum absolute atomic E-state index is 0.133. The van der Waals surface area contributed by atoms with Crippen molar-refractivity contribution in [1.29, 1.82) is 0 Å². The number of halogens is 2. The van der Waals surface area contributed by atoms with Gasteiger partial charge in [-0.05, 0) is 38.5 Å². The fourth-order valence-electron chi connectivity index (χ4n) is 0.956. The van der Waals surface area contributed by atoms with Gasteiger partial charge in [0.2, 0.25) is 0 Å². The predicted octanol–water partition coefficient (Wildman–Crippen LogP) is 3.89. The number of hydrogen-bond donors (Lipinski definition) is 1. The van der Waals surface area contributed by atoms with Crippen LogP contribution in [-0.4, -0.2) is 5.97 Å². The van der Waals surface area contributed by atoms with Gasteiger partial charge in [-0.25, -0.2) is 14.7 Å². The number of anilines is 1. The van der Waals surface area contributed by atoms with Gasteiger partial charge in [0.05, 0.1) is 5.41 Å². The van der Waals surface area contributed by atoms with Crippen LogP contribution in [0.1, 0.15) is 27.2 Å². The van der Waals surface area contributed by atoms with E-state index < -0.39 is 17.2 Å². The molecule has 0 unspecified atom stereocenters. The van der Waals surface area contributed by atoms with Crippen LogP contribution in [0.5, 0.6) is 0 Å². The van der Waals surface area contributed by atoms with Crippen molar-refractivity contribution in [3.05, 3.63) is 28.5 Å². The maximum atomic E-state index is 13.4. The van der Waals surface area contributed by atoms with E-state index >= 15 is 0 Å². The molecule has 17 heavy (non-hydrogen) atoms. The molecule has 3 nitrogen and oxygen atoms in total. The van der Waals surface area contributed by atoms with Crippen molar-refractivity contribution in [2.45, 2.75) is 27.2 Å². The molecule has 0 bridgehead atoms. The molecule has 0 fully saturated rings. The fraction of sp³-hybridized carbons (Fsp3) is 0.417. The lowest BCUT2D eigenvalue weighted by Crippen LogP contribution is -2.27. The molecule has 0 atom stereocenters. The van der Waals surface area contributed by atoms with Crippen LogP contribution in [0.4, 0.5) is 10.1 Å². The monoisotopic (exact) mass is 303 g/mol. The van der Waals surface area contributed by atoms with Gasteiger partial charge in [-0.1, -0.05) is 22.9 Å². The summed E-state index contributed by atoms with van der Waals surface area (Å²) in [5.74, 6) is -0.899. The van der Waals surface area contributed by atoms with E-state index in [1.54, 1.807) is 19.9 Å². The Labute approximate surface area is 108 Å². The third kappa shape index (κ3) is 3.70. The Hall–Kier alpha value is -1.10. The molecular weight excluding hydrogens is 289 g/mol. The fourth-order valence-corrected chi connectivity index (χ4v) is 1.29. The normalized spacial score (nSPS) is 11.1. The van der Waals surface area contributed by atoms with E-state index in [1.807, 2.05) is 6.92 Å². The number of carbonyl (C=O) groups is 1. The summed E-state index contributed by atoms with van der Waals surface area (Å²) in [6.45, 7) is 5.44. The largest absolute Gasteiger partial charge is 0.343 e. The Morgan fingerprint density at radius 1 is 1.53 bits per heavy atom. The zero-order valence-corrected chi connectivity index (χ0v) is 11.6. The standard InChI is InChI=1S/C12H15BrFNO2/c1-4-12(2,3)11(16)17-15-10-6-5-8(13)7-9(10)14/h5-7,15H,4H2,1-3H3. The van der Waals surface area contributed by atoms with Crippen LogP contribution in [0.15, 0.2) is 22.7 Å². The summed E-state index contributed by atoms with van der Waals surface area (Å²) in [5.41, 5.74) is 1.88. The van der Waals surface area contributed by atoms with Crippen LogP contribution >= 0.6 is 15.9 Å². The van der Waals surface area contributed by atoms with E-state index in [-0.39, 0.29) is 5.69 Å². The average Bonchev–Trinajstić information content (AvgIpc) is 2.27. The highest BCUT2D eigenvalue weighted by Gasteiger charge is 2.27. The molecule has 1 aromatic rings. The molecule has 0 amide bonds. The second-order valence-corrected chi connectivity index (χ2v) is 5.27. The Morgan fingerprint density at radius 3 is 2.71 bits per heavy atom. The predicted molar refractivity (Wildman–Crippen MR) is 67.9 cm³/mol. The first-order valence-electron chi connectivity index (χ1n) is 5.29. The third-order valence-electron chi connectivity index (χ3n) is 2.62. The maximum absolute atomic E-state index is 13.4. The zero-order chi connectivity index (χ0) is 13.1. The van der Waals surface area contributed by atoms with E-state index in [0.717, 1.165) is 0 Å². The summed E-state index contributed by atoms with van der Waals surface area (Å²) in [4.78, 5) is 16.5. The summed E-state index contributed by atoms with van der Waals surface area (Å²) in [7, 11) is 0. The van der Waals surface area contributed by atoms with E-state index in [9.17, 15) is 9.18 Å². The summed E-state index contributed by atoms with van der Waals surface area (Å²) in [5, 5.41) is 0. The topological polar surface area (TPSA) is 38.3 Å². The first-order chi connectivity index (χ1) is 7.86. The molecule has 0 aromatic heterocycles. The van der Waals surface area contributed by atoms with Crippen LogP contribution in [0.2, 0.25) is 0 Å². The lowest BCUT2D eigenvalue weighted by Gasteiger charge is -2.20. The lowest BCUT2D eigenvalue weighted by molar-refractivity contribution is -0.150. The van der Waals surface area contributed by atoms with Crippen LogP contribution < -0.4 is 5.48 Å². The van der Waals surface area contributed by atoms with Crippen molar-refractivity contribution < 1.29 is 14.0 Å². The maximum Gasteiger partial charge on any atom is 0.337 e. The number of hydrogen-bond acceptors (Lipinski definition) is 3. The number of rotatable bonds is 4. The van der Waals surface area contributed by atoms with Crippen molar-refractivity contribution >= 4 is 27.6 Å². The van der Waals surface area contributed by atoms with Gasteiger partial charge < -0.3 is 4.84 Å². The minimum atomic E-state index is -0.584. The SMILES string of the molecule is CCC(C)(C)C(=O)ONc1ccc(Br)cc1F. The molecule has 94 valence electrons. The van der Waals surface area contributed by atoms with Gasteiger partial charge in [0.1, 0.15) is 5.69 Å². The Kier molecular flexibility index (Phi) is 4.51. The van der Waals surface area contributed by atoms with Gasteiger partial charge in [0.25, 0.3) is 0 Å². The molecule has 0 aliphatic rings. The van der Waals surface area contributed by atoms with Gasteiger partial charge in [0.15, 0.2) is 5.82 Å². The summed E-state index contributed by atoms with van der Waals surface area (Å²) < 4.78 is 14.0. The van der Waals surface area contributed by atoms with Crippen LogP contribution in [0, 0.1) is 11.2 Å². The quantitative estimate of drug-likeness (QED) is 0.858. The Balaban J connectivity index is 2.65. The van der Waals surface area contributed by atoms with Crippen LogP contribution in [0.3, 0.4) is 0 Å². The smallest absolute Gasteiger partial charge is 0.337 e. The van der Waals surface area contributed by atoms with Crippen LogP contribution in [0.25, 0.3) is 0 Å². The number of carbonyl (C=O) groups excluding carboxylic acids is 1. The van der Waals surface area contributed by atoms with Crippen molar-refractivity contribution in [3.8, 4) is 0 Å². The van der Waals surface area contributed by atoms with Gasteiger partial charge in [-0.3, -0.25) is 0 Å². The molecule has 0 heterocycles. The van der Waals surface area contributed by atoms with Crippen molar-refractivity contribution in [2.24, 2.45) is 5.41 Å². The highest BCUT2D eigenvalue weighted by molar-refractivity contribution is 9.10. The summed E-state index contributed by atoms with van der Waals surface area (Å²) >= 11 is 3.14. The van der Waals surface area contributed by atoms with Gasteiger partial charge in [0, 0.05) is 4.47 Å². The molecule has 0 aliphatic heterocycles. The molecule has 0 saturated heterocycles. The number of nitrogens with one attached hydrogen (secondary N) is 1. The molecule has 1 aromatic carbocycles. The molecule has 1 rings (SSSR count). The van der Waals surface area contributed by atoms with Crippen molar-refractivity contribution in [2.75, 3.05) is 5.48 Å². The van der Waals surface area contributed by atoms with E-state index in [4.69, 9.17) is 4.84 Å². The zero-order valence-electron chi connectivity index (χ0n) is 10.0. The third-order valence-corrected chi connectivity index (χ3v) is 3.11. The second-order valence-electron chi connectivity index (χ2n) is 4.35. The summed E-state index contributed by atoms with van der Waals surface area (Å²) in [6.07, 6.45) is 0.649. The minimum Gasteiger partial charge on any atom is -0.343 e. The molecular formula is C12H15BrFNO2. The highest BCUT2D eigenvalue weighted by atomic mass is 79.9. The van der Waals surface area contributed by atoms with E-state index in [0.29, 0.717) is 10.9 Å². The molecule has 0 aliphatic carbocycles. The van der Waals surface area contributed by atoms with E-state index in [1.165, 1.54) is 12.1 Å². The van der Waals surface area contributed by atoms with Crippen molar-refractivity contribution in [3.63, 3.8) is 0 Å².